The lowest BCUT2D eigenvalue weighted by Crippen LogP contribution is -2.48. The van der Waals surface area contributed by atoms with Gasteiger partial charge in [0.15, 0.2) is 11.6 Å². The number of ether oxygens (including phenoxy) is 1. The molecule has 0 unspecified atom stereocenters. The Kier molecular flexibility index (Phi) is 5.52. The number of nitrogens with one attached hydrogen (secondary N) is 1. The molecule has 0 spiro atoms. The van der Waals surface area contributed by atoms with Gasteiger partial charge in [0.2, 0.25) is 5.91 Å². The summed E-state index contributed by atoms with van der Waals surface area (Å²) < 4.78 is 18.6. The summed E-state index contributed by atoms with van der Waals surface area (Å²) >= 11 is 0. The van der Waals surface area contributed by atoms with Crippen molar-refractivity contribution < 1.29 is 13.9 Å². The summed E-state index contributed by atoms with van der Waals surface area (Å²) in [5.41, 5.74) is 0.938. The van der Waals surface area contributed by atoms with Crippen molar-refractivity contribution in [2.75, 3.05) is 46.9 Å². The van der Waals surface area contributed by atoms with Gasteiger partial charge in [0, 0.05) is 39.8 Å². The largest absolute Gasteiger partial charge is 0.494 e. The highest BCUT2D eigenvalue weighted by Gasteiger charge is 2.18. The molecule has 0 atom stereocenters. The van der Waals surface area contributed by atoms with E-state index in [2.05, 4.69) is 15.1 Å². The van der Waals surface area contributed by atoms with Gasteiger partial charge < -0.3 is 10.1 Å². The molecule has 1 aliphatic rings. The summed E-state index contributed by atoms with van der Waals surface area (Å²) in [6, 6.07) is 5.07. The molecule has 1 N–H and O–H groups in total. The van der Waals surface area contributed by atoms with Gasteiger partial charge in [0.25, 0.3) is 0 Å². The SMILES string of the molecule is CNC(=O)CN1CCN(Cc2ccc(OC)c(F)c2)CC1. The van der Waals surface area contributed by atoms with Gasteiger partial charge in [0.1, 0.15) is 0 Å². The van der Waals surface area contributed by atoms with Crippen LogP contribution >= 0.6 is 0 Å². The quantitative estimate of drug-likeness (QED) is 0.868. The highest BCUT2D eigenvalue weighted by atomic mass is 19.1. The van der Waals surface area contributed by atoms with Gasteiger partial charge in [-0.15, -0.1) is 0 Å². The fourth-order valence-corrected chi connectivity index (χ4v) is 2.45. The average molecular weight is 295 g/mol. The zero-order valence-corrected chi connectivity index (χ0v) is 12.6. The van der Waals surface area contributed by atoms with E-state index in [1.54, 1.807) is 13.1 Å². The van der Waals surface area contributed by atoms with Crippen LogP contribution in [-0.4, -0.2) is 62.6 Å². The molecule has 1 aromatic carbocycles. The molecule has 1 amide bonds. The zero-order valence-electron chi connectivity index (χ0n) is 12.6. The van der Waals surface area contributed by atoms with Crippen molar-refractivity contribution in [2.45, 2.75) is 6.54 Å². The molecule has 0 radical (unpaired) electrons. The van der Waals surface area contributed by atoms with Crippen molar-refractivity contribution in [3.8, 4) is 5.75 Å². The molecule has 1 aromatic rings. The van der Waals surface area contributed by atoms with Crippen LogP contribution in [0.1, 0.15) is 5.56 Å². The minimum atomic E-state index is -0.326. The molecule has 1 saturated heterocycles. The monoisotopic (exact) mass is 295 g/mol. The number of carbonyl (C=O) groups is 1. The molecule has 0 aromatic heterocycles. The third-order valence-electron chi connectivity index (χ3n) is 3.73. The first-order chi connectivity index (χ1) is 10.1. The van der Waals surface area contributed by atoms with Crippen LogP contribution in [-0.2, 0) is 11.3 Å². The molecule has 2 rings (SSSR count). The van der Waals surface area contributed by atoms with Crippen molar-refractivity contribution >= 4 is 5.91 Å². The molecular weight excluding hydrogens is 273 g/mol. The third kappa shape index (κ3) is 4.41. The van der Waals surface area contributed by atoms with E-state index in [4.69, 9.17) is 4.74 Å². The van der Waals surface area contributed by atoms with Gasteiger partial charge in [-0.3, -0.25) is 14.6 Å². The molecule has 0 aliphatic carbocycles. The topological polar surface area (TPSA) is 44.8 Å². The Labute approximate surface area is 124 Å². The number of rotatable bonds is 5. The number of benzene rings is 1. The summed E-state index contributed by atoms with van der Waals surface area (Å²) in [7, 11) is 3.11. The maximum atomic E-state index is 13.7. The second-order valence-electron chi connectivity index (χ2n) is 5.19. The lowest BCUT2D eigenvalue weighted by Gasteiger charge is -2.34. The molecule has 0 bridgehead atoms. The van der Waals surface area contributed by atoms with Gasteiger partial charge >= 0.3 is 0 Å². The molecule has 0 saturated carbocycles. The normalized spacial score (nSPS) is 16.7. The van der Waals surface area contributed by atoms with Crippen LogP contribution in [0, 0.1) is 5.82 Å². The first kappa shape index (κ1) is 15.7. The Morgan fingerprint density at radius 1 is 1.29 bits per heavy atom. The maximum Gasteiger partial charge on any atom is 0.233 e. The molecule has 5 nitrogen and oxygen atoms in total. The standard InChI is InChI=1S/C15H22FN3O2/c1-17-15(20)11-19-7-5-18(6-8-19)10-12-3-4-14(21-2)13(16)9-12/h3-4,9H,5-8,10-11H2,1-2H3,(H,17,20). The van der Waals surface area contributed by atoms with E-state index in [0.717, 1.165) is 31.7 Å². The van der Waals surface area contributed by atoms with E-state index in [1.807, 2.05) is 6.07 Å². The van der Waals surface area contributed by atoms with Crippen molar-refractivity contribution in [1.29, 1.82) is 0 Å². The number of methoxy groups -OCH3 is 1. The molecule has 21 heavy (non-hydrogen) atoms. The Morgan fingerprint density at radius 2 is 1.95 bits per heavy atom. The molecule has 6 heteroatoms. The van der Waals surface area contributed by atoms with E-state index >= 15 is 0 Å². The molecule has 116 valence electrons. The molecule has 1 fully saturated rings. The number of hydrogen-bond acceptors (Lipinski definition) is 4. The Balaban J connectivity index is 1.83. The second-order valence-corrected chi connectivity index (χ2v) is 5.19. The van der Waals surface area contributed by atoms with E-state index in [1.165, 1.54) is 13.2 Å². The Morgan fingerprint density at radius 3 is 2.52 bits per heavy atom. The van der Waals surface area contributed by atoms with Crippen molar-refractivity contribution in [1.82, 2.24) is 15.1 Å². The van der Waals surface area contributed by atoms with Crippen LogP contribution in [0.2, 0.25) is 0 Å². The average Bonchev–Trinajstić information content (AvgIpc) is 2.49. The highest BCUT2D eigenvalue weighted by Crippen LogP contribution is 2.19. The number of amides is 1. The molecular formula is C15H22FN3O2. The first-order valence-electron chi connectivity index (χ1n) is 7.10. The minimum Gasteiger partial charge on any atom is -0.494 e. The zero-order chi connectivity index (χ0) is 15.2. The van der Waals surface area contributed by atoms with Crippen molar-refractivity contribution in [3.05, 3.63) is 29.6 Å². The number of piperazine rings is 1. The second kappa shape index (κ2) is 7.38. The maximum absolute atomic E-state index is 13.7. The minimum absolute atomic E-state index is 0.0423. The summed E-state index contributed by atoms with van der Waals surface area (Å²) in [5, 5.41) is 2.63. The smallest absolute Gasteiger partial charge is 0.233 e. The number of halogens is 1. The number of likely N-dealkylation sites (N-methyl/N-ethyl adjacent to an activating group) is 1. The van der Waals surface area contributed by atoms with Crippen molar-refractivity contribution in [3.63, 3.8) is 0 Å². The van der Waals surface area contributed by atoms with Crippen LogP contribution in [0.4, 0.5) is 4.39 Å². The number of nitrogens with zero attached hydrogens (tertiary/aromatic N) is 2. The van der Waals surface area contributed by atoms with Crippen LogP contribution in [0.3, 0.4) is 0 Å². The first-order valence-corrected chi connectivity index (χ1v) is 7.10. The van der Waals surface area contributed by atoms with E-state index in [0.29, 0.717) is 13.1 Å². The number of carbonyl (C=O) groups excluding carboxylic acids is 1. The highest BCUT2D eigenvalue weighted by molar-refractivity contribution is 5.77. The van der Waals surface area contributed by atoms with Crippen LogP contribution in [0.15, 0.2) is 18.2 Å². The molecule has 1 aliphatic heterocycles. The van der Waals surface area contributed by atoms with Gasteiger partial charge in [-0.05, 0) is 17.7 Å². The lowest BCUT2D eigenvalue weighted by atomic mass is 10.2. The predicted octanol–water partition coefficient (Wildman–Crippen LogP) is 0.698. The Hall–Kier alpha value is -1.66. The molecule has 1 heterocycles. The summed E-state index contributed by atoms with van der Waals surface area (Å²) in [4.78, 5) is 15.7. The number of hydrogen-bond donors (Lipinski definition) is 1. The van der Waals surface area contributed by atoms with Gasteiger partial charge in [0.05, 0.1) is 13.7 Å². The van der Waals surface area contributed by atoms with Gasteiger partial charge in [-0.1, -0.05) is 6.07 Å². The van der Waals surface area contributed by atoms with E-state index < -0.39 is 0 Å². The summed E-state index contributed by atoms with van der Waals surface area (Å²) in [6.45, 7) is 4.63. The van der Waals surface area contributed by atoms with Gasteiger partial charge in [-0.25, -0.2) is 4.39 Å². The third-order valence-corrected chi connectivity index (χ3v) is 3.73. The van der Waals surface area contributed by atoms with E-state index in [9.17, 15) is 9.18 Å². The fourth-order valence-electron chi connectivity index (χ4n) is 2.45. The Bertz CT molecular complexity index is 488. The van der Waals surface area contributed by atoms with Crippen LogP contribution in [0.5, 0.6) is 5.75 Å². The fraction of sp³-hybridized carbons (Fsp3) is 0.533. The van der Waals surface area contributed by atoms with Crippen LogP contribution in [0.25, 0.3) is 0 Å². The summed E-state index contributed by atoms with van der Waals surface area (Å²) in [6.07, 6.45) is 0. The van der Waals surface area contributed by atoms with Crippen LogP contribution < -0.4 is 10.1 Å². The van der Waals surface area contributed by atoms with Crippen molar-refractivity contribution in [2.24, 2.45) is 0 Å². The van der Waals surface area contributed by atoms with Gasteiger partial charge in [-0.2, -0.15) is 0 Å². The van der Waals surface area contributed by atoms with E-state index in [-0.39, 0.29) is 17.5 Å². The lowest BCUT2D eigenvalue weighted by molar-refractivity contribution is -0.122. The predicted molar refractivity (Wildman–Crippen MR) is 78.7 cm³/mol. The summed E-state index contributed by atoms with van der Waals surface area (Å²) in [5.74, 6) is -0.0110.